The molecule has 214 valence electrons. The zero-order chi connectivity index (χ0) is 29.1. The van der Waals surface area contributed by atoms with Gasteiger partial charge in [-0.05, 0) is 65.4 Å². The summed E-state index contributed by atoms with van der Waals surface area (Å²) in [5.41, 5.74) is 6.53. The number of rotatable bonds is 8. The van der Waals surface area contributed by atoms with Gasteiger partial charge in [0.2, 0.25) is 0 Å². The van der Waals surface area contributed by atoms with Crippen LogP contribution in [0, 0.1) is 0 Å². The second-order valence-corrected chi connectivity index (χ2v) is 10.5. The molecule has 7 heteroatoms. The first-order chi connectivity index (χ1) is 20.6. The van der Waals surface area contributed by atoms with E-state index in [0.29, 0.717) is 42.4 Å². The van der Waals surface area contributed by atoms with Gasteiger partial charge in [0, 0.05) is 17.7 Å². The van der Waals surface area contributed by atoms with Crippen LogP contribution in [0.2, 0.25) is 0 Å². The van der Waals surface area contributed by atoms with Gasteiger partial charge in [0.05, 0.1) is 38.7 Å². The van der Waals surface area contributed by atoms with E-state index in [-0.39, 0.29) is 17.7 Å². The number of para-hydroxylation sites is 2. The maximum Gasteiger partial charge on any atom is 0.163 e. The number of allylic oxidation sites excluding steroid dienone is 1. The molecule has 1 aliphatic heterocycles. The van der Waals surface area contributed by atoms with Crippen molar-refractivity contribution in [2.75, 3.05) is 32.0 Å². The summed E-state index contributed by atoms with van der Waals surface area (Å²) in [6.45, 7) is 0.406. The third-order valence-electron chi connectivity index (χ3n) is 7.95. The molecule has 4 aromatic rings. The van der Waals surface area contributed by atoms with Gasteiger partial charge in [0.25, 0.3) is 0 Å². The number of ether oxygens (including phenoxy) is 4. The molecule has 1 heterocycles. The molecule has 42 heavy (non-hydrogen) atoms. The Balaban J connectivity index is 1.38. The Morgan fingerprint density at radius 1 is 0.690 bits per heavy atom. The highest BCUT2D eigenvalue weighted by Crippen LogP contribution is 2.46. The van der Waals surface area contributed by atoms with Crippen molar-refractivity contribution in [2.24, 2.45) is 0 Å². The molecule has 0 amide bonds. The van der Waals surface area contributed by atoms with Gasteiger partial charge < -0.3 is 29.6 Å². The summed E-state index contributed by atoms with van der Waals surface area (Å²) in [4.78, 5) is 14.0. The summed E-state index contributed by atoms with van der Waals surface area (Å²) in [7, 11) is 4.88. The first-order valence-corrected chi connectivity index (χ1v) is 14.0. The van der Waals surface area contributed by atoms with Crippen LogP contribution < -0.4 is 29.6 Å². The number of hydrogen-bond donors (Lipinski definition) is 2. The number of nitrogens with one attached hydrogen (secondary N) is 2. The molecule has 2 aliphatic rings. The molecule has 6 rings (SSSR count). The second kappa shape index (κ2) is 11.9. The molecule has 2 N–H and O–H groups in total. The normalized spacial score (nSPS) is 17.6. The standard InChI is InChI=1S/C35H34N2O5/c1-39-30-15-13-23(19-32(30)41-3)25-17-28-34(29(38)18-25)35(37-27-12-8-7-11-26(27)36-28)24-14-16-31(40-2)33(20-24)42-21-22-9-5-4-6-10-22/h4-16,19-20,25,35-37H,17-18,21H2,1-3H3/t25-,35+/m0/s1. The molecule has 0 aromatic heterocycles. The Morgan fingerprint density at radius 3 is 2.07 bits per heavy atom. The van der Waals surface area contributed by atoms with Crippen molar-refractivity contribution in [2.45, 2.75) is 31.4 Å². The first-order valence-electron chi connectivity index (χ1n) is 14.0. The Hall–Kier alpha value is -4.91. The minimum absolute atomic E-state index is 0.00453. The van der Waals surface area contributed by atoms with Crippen LogP contribution in [0.4, 0.5) is 11.4 Å². The molecule has 0 spiro atoms. The fourth-order valence-corrected chi connectivity index (χ4v) is 5.81. The number of anilines is 2. The molecule has 0 saturated heterocycles. The number of carbonyl (C=O) groups excluding carboxylic acids is 1. The second-order valence-electron chi connectivity index (χ2n) is 10.5. The molecular formula is C35H34N2O5. The van der Waals surface area contributed by atoms with E-state index < -0.39 is 0 Å². The number of ketones is 1. The number of hydrogen-bond acceptors (Lipinski definition) is 7. The van der Waals surface area contributed by atoms with E-state index in [1.807, 2.05) is 91.0 Å². The lowest BCUT2D eigenvalue weighted by molar-refractivity contribution is -0.116. The molecule has 2 atom stereocenters. The minimum Gasteiger partial charge on any atom is -0.493 e. The van der Waals surface area contributed by atoms with Gasteiger partial charge >= 0.3 is 0 Å². The quantitative estimate of drug-likeness (QED) is 0.234. The van der Waals surface area contributed by atoms with Crippen LogP contribution in [0.5, 0.6) is 23.0 Å². The lowest BCUT2D eigenvalue weighted by Gasteiger charge is -2.30. The van der Waals surface area contributed by atoms with Crippen LogP contribution in [0.15, 0.2) is 102 Å². The van der Waals surface area contributed by atoms with E-state index in [1.165, 1.54) is 0 Å². The lowest BCUT2D eigenvalue weighted by Crippen LogP contribution is -2.27. The summed E-state index contributed by atoms with van der Waals surface area (Å²) in [6.07, 6.45) is 1.06. The van der Waals surface area contributed by atoms with Gasteiger partial charge in [-0.25, -0.2) is 0 Å². The number of fused-ring (bicyclic) bond motifs is 1. The highest BCUT2D eigenvalue weighted by Gasteiger charge is 2.36. The smallest absolute Gasteiger partial charge is 0.163 e. The zero-order valence-electron chi connectivity index (χ0n) is 24.0. The minimum atomic E-state index is -0.375. The number of methoxy groups -OCH3 is 3. The largest absolute Gasteiger partial charge is 0.493 e. The number of benzene rings is 4. The van der Waals surface area contributed by atoms with Crippen LogP contribution in [0.3, 0.4) is 0 Å². The van der Waals surface area contributed by atoms with Crippen LogP contribution in [0.1, 0.15) is 41.5 Å². The van der Waals surface area contributed by atoms with Crippen molar-refractivity contribution in [1.82, 2.24) is 0 Å². The van der Waals surface area contributed by atoms with E-state index in [0.717, 1.165) is 39.3 Å². The van der Waals surface area contributed by atoms with Crippen molar-refractivity contribution in [3.05, 3.63) is 119 Å². The SMILES string of the molecule is COc1ccc([C@@H]2CC(=O)C3=C(C2)Nc2ccccc2N[C@@H]3c2ccc(OC)c(OCc3ccccc3)c2)cc1OC. The highest BCUT2D eigenvalue weighted by atomic mass is 16.5. The lowest BCUT2D eigenvalue weighted by atomic mass is 9.78. The van der Waals surface area contributed by atoms with Gasteiger partial charge in [-0.3, -0.25) is 4.79 Å². The van der Waals surface area contributed by atoms with Crippen LogP contribution >= 0.6 is 0 Å². The van der Waals surface area contributed by atoms with Crippen molar-refractivity contribution in [3.8, 4) is 23.0 Å². The van der Waals surface area contributed by atoms with Gasteiger partial charge in [-0.15, -0.1) is 0 Å². The summed E-state index contributed by atoms with van der Waals surface area (Å²) in [5.74, 6) is 2.67. The van der Waals surface area contributed by atoms with Gasteiger partial charge in [0.1, 0.15) is 6.61 Å². The third kappa shape index (κ3) is 5.38. The molecule has 7 nitrogen and oxygen atoms in total. The molecular weight excluding hydrogens is 528 g/mol. The zero-order valence-corrected chi connectivity index (χ0v) is 24.0. The third-order valence-corrected chi connectivity index (χ3v) is 7.95. The fraction of sp³-hybridized carbons (Fsp3) is 0.229. The summed E-state index contributed by atoms with van der Waals surface area (Å²) in [5, 5.41) is 7.27. The van der Waals surface area contributed by atoms with Crippen LogP contribution in [0.25, 0.3) is 0 Å². The average molecular weight is 563 g/mol. The van der Waals surface area contributed by atoms with Gasteiger partial charge in [-0.1, -0.05) is 54.6 Å². The molecule has 0 bridgehead atoms. The Labute approximate surface area is 246 Å². The van der Waals surface area contributed by atoms with Crippen molar-refractivity contribution >= 4 is 17.2 Å². The van der Waals surface area contributed by atoms with Gasteiger partial charge in [0.15, 0.2) is 28.8 Å². The van der Waals surface area contributed by atoms with Crippen LogP contribution in [-0.2, 0) is 11.4 Å². The van der Waals surface area contributed by atoms with E-state index in [2.05, 4.69) is 10.6 Å². The van der Waals surface area contributed by atoms with Crippen molar-refractivity contribution in [1.29, 1.82) is 0 Å². The topological polar surface area (TPSA) is 78.1 Å². The average Bonchev–Trinajstić information content (AvgIpc) is 3.21. The monoisotopic (exact) mass is 562 g/mol. The molecule has 0 fully saturated rings. The molecule has 1 aliphatic carbocycles. The Kier molecular flexibility index (Phi) is 7.73. The first kappa shape index (κ1) is 27.3. The predicted octanol–water partition coefficient (Wildman–Crippen LogP) is 7.27. The maximum absolute atomic E-state index is 14.0. The molecule has 0 saturated carbocycles. The van der Waals surface area contributed by atoms with Crippen molar-refractivity contribution < 1.29 is 23.7 Å². The van der Waals surface area contributed by atoms with Gasteiger partial charge in [-0.2, -0.15) is 0 Å². The van der Waals surface area contributed by atoms with E-state index in [9.17, 15) is 4.79 Å². The van der Waals surface area contributed by atoms with E-state index >= 15 is 0 Å². The number of carbonyl (C=O) groups is 1. The molecule has 0 radical (unpaired) electrons. The highest BCUT2D eigenvalue weighted by molar-refractivity contribution is 6.01. The Bertz CT molecular complexity index is 1630. The summed E-state index contributed by atoms with van der Waals surface area (Å²) in [6, 6.07) is 29.5. The predicted molar refractivity (Wildman–Crippen MR) is 164 cm³/mol. The molecule has 4 aromatic carbocycles. The van der Waals surface area contributed by atoms with E-state index in [1.54, 1.807) is 21.3 Å². The fourth-order valence-electron chi connectivity index (χ4n) is 5.81. The van der Waals surface area contributed by atoms with Crippen molar-refractivity contribution in [3.63, 3.8) is 0 Å². The molecule has 0 unspecified atom stereocenters. The summed E-state index contributed by atoms with van der Waals surface area (Å²) >= 11 is 0. The number of Topliss-reactive ketones (excluding diaryl/α,β-unsaturated/α-hetero) is 1. The van der Waals surface area contributed by atoms with Crippen LogP contribution in [-0.4, -0.2) is 27.1 Å². The van der Waals surface area contributed by atoms with E-state index in [4.69, 9.17) is 18.9 Å². The summed E-state index contributed by atoms with van der Waals surface area (Å²) < 4.78 is 22.8. The maximum atomic E-state index is 14.0. The Morgan fingerprint density at radius 2 is 1.33 bits per heavy atom.